The van der Waals surface area contributed by atoms with Crippen molar-refractivity contribution in [2.24, 2.45) is 0 Å². The summed E-state index contributed by atoms with van der Waals surface area (Å²) in [5, 5.41) is 59.8. The van der Waals surface area contributed by atoms with E-state index < -0.39 is 55.8 Å². The molecule has 3 aromatic rings. The van der Waals surface area contributed by atoms with Crippen LogP contribution in [-0.4, -0.2) is 91.5 Å². The number of aromatic nitrogens is 1. The molecule has 2 heterocycles. The monoisotopic (exact) mass is 543 g/mol. The standard InChI is InChI=1S/C29H37NO9/c1-17-4-2-6-21-22(29-28(37)27(36)26(35)23(15-32)39-29)13-30(25(17)21)12-19-10-8-18(9-11-19)5-3-7-24(34)38-16-20(33)14-31/h2,4,6,8-11,13,20,23,26-29,31-33,35-37H,3,5,7,12,14-16H2,1H3/t20-,23+,26+,27-,28+,29-/m0/s1. The molecule has 1 fully saturated rings. The van der Waals surface area contributed by atoms with Gasteiger partial charge < -0.3 is 44.7 Å². The van der Waals surface area contributed by atoms with Crippen molar-refractivity contribution in [1.29, 1.82) is 0 Å². The maximum absolute atomic E-state index is 11.8. The Labute approximate surface area is 226 Å². The minimum Gasteiger partial charge on any atom is -0.463 e. The van der Waals surface area contributed by atoms with Gasteiger partial charge in [-0.05, 0) is 36.5 Å². The average molecular weight is 544 g/mol. The van der Waals surface area contributed by atoms with Gasteiger partial charge in [-0.2, -0.15) is 0 Å². The van der Waals surface area contributed by atoms with Crippen molar-refractivity contribution in [2.75, 3.05) is 19.8 Å². The van der Waals surface area contributed by atoms with Gasteiger partial charge >= 0.3 is 5.97 Å². The predicted molar refractivity (Wildman–Crippen MR) is 142 cm³/mol. The number of fused-ring (bicyclic) bond motifs is 1. The van der Waals surface area contributed by atoms with Gasteiger partial charge in [0.2, 0.25) is 0 Å². The van der Waals surface area contributed by atoms with Crippen molar-refractivity contribution in [1.82, 2.24) is 4.57 Å². The molecular weight excluding hydrogens is 506 g/mol. The quantitative estimate of drug-likeness (QED) is 0.192. The van der Waals surface area contributed by atoms with E-state index in [4.69, 9.17) is 14.6 Å². The Kier molecular flexibility index (Phi) is 9.73. The summed E-state index contributed by atoms with van der Waals surface area (Å²) in [5.74, 6) is -0.413. The zero-order valence-electron chi connectivity index (χ0n) is 21.9. The molecule has 0 spiro atoms. The van der Waals surface area contributed by atoms with Gasteiger partial charge in [-0.25, -0.2) is 0 Å². The van der Waals surface area contributed by atoms with Gasteiger partial charge in [0.15, 0.2) is 0 Å². The van der Waals surface area contributed by atoms with E-state index in [2.05, 4.69) is 4.57 Å². The first kappa shape index (κ1) is 29.2. The average Bonchev–Trinajstić information content (AvgIpc) is 3.30. The third kappa shape index (κ3) is 6.67. The van der Waals surface area contributed by atoms with Crippen molar-refractivity contribution in [2.45, 2.75) is 69.4 Å². The Morgan fingerprint density at radius 3 is 2.44 bits per heavy atom. The first-order chi connectivity index (χ1) is 18.7. The van der Waals surface area contributed by atoms with E-state index in [-0.39, 0.29) is 13.0 Å². The Morgan fingerprint density at radius 1 is 1.03 bits per heavy atom. The zero-order valence-corrected chi connectivity index (χ0v) is 21.9. The van der Waals surface area contributed by atoms with Crippen LogP contribution in [0.3, 0.4) is 0 Å². The topological polar surface area (TPSA) is 162 Å². The summed E-state index contributed by atoms with van der Waals surface area (Å²) in [6, 6.07) is 13.9. The summed E-state index contributed by atoms with van der Waals surface area (Å²) < 4.78 is 12.8. The molecular formula is C29H37NO9. The van der Waals surface area contributed by atoms with Gasteiger partial charge in [-0.3, -0.25) is 4.79 Å². The molecule has 39 heavy (non-hydrogen) atoms. The van der Waals surface area contributed by atoms with Gasteiger partial charge in [0.1, 0.15) is 43.2 Å². The maximum Gasteiger partial charge on any atom is 0.305 e. The van der Waals surface area contributed by atoms with Crippen LogP contribution in [0.2, 0.25) is 0 Å². The number of hydrogen-bond acceptors (Lipinski definition) is 9. The highest BCUT2D eigenvalue weighted by molar-refractivity contribution is 5.87. The molecule has 0 bridgehead atoms. The van der Waals surface area contributed by atoms with Crippen LogP contribution in [0.15, 0.2) is 48.7 Å². The number of aryl methyl sites for hydroxylation is 2. The molecule has 6 atom stereocenters. The number of esters is 1. The molecule has 0 amide bonds. The van der Waals surface area contributed by atoms with E-state index in [0.29, 0.717) is 24.9 Å². The highest BCUT2D eigenvalue weighted by Crippen LogP contribution is 2.38. The fourth-order valence-electron chi connectivity index (χ4n) is 5.04. The lowest BCUT2D eigenvalue weighted by molar-refractivity contribution is -0.231. The third-order valence-electron chi connectivity index (χ3n) is 7.20. The summed E-state index contributed by atoms with van der Waals surface area (Å²) >= 11 is 0. The predicted octanol–water partition coefficient (Wildman–Crippen LogP) is 0.732. The molecule has 2 aromatic carbocycles. The van der Waals surface area contributed by atoms with Gasteiger partial charge in [-0.1, -0.05) is 42.5 Å². The fourth-order valence-corrected chi connectivity index (χ4v) is 5.04. The minimum absolute atomic E-state index is 0.213. The van der Waals surface area contributed by atoms with Crippen molar-refractivity contribution < 1.29 is 44.9 Å². The van der Waals surface area contributed by atoms with Crippen LogP contribution in [0.25, 0.3) is 10.9 Å². The number of benzene rings is 2. The number of aliphatic hydroxyl groups excluding tert-OH is 6. The van der Waals surface area contributed by atoms with Crippen LogP contribution < -0.4 is 0 Å². The van der Waals surface area contributed by atoms with Crippen molar-refractivity contribution in [3.05, 3.63) is 70.9 Å². The number of carbonyl (C=O) groups is 1. The SMILES string of the molecule is Cc1cccc2c([C@@H]3O[C@H](CO)[C@@H](O)[C@H](O)[C@H]3O)cn(Cc3ccc(CCCC(=O)OC[C@@H](O)CO)cc3)c12. The van der Waals surface area contributed by atoms with Crippen LogP contribution >= 0.6 is 0 Å². The summed E-state index contributed by atoms with van der Waals surface area (Å²) in [7, 11) is 0. The molecule has 0 aliphatic carbocycles. The summed E-state index contributed by atoms with van der Waals surface area (Å²) in [4.78, 5) is 11.8. The lowest BCUT2D eigenvalue weighted by atomic mass is 9.91. The molecule has 212 valence electrons. The molecule has 4 rings (SSSR count). The molecule has 0 radical (unpaired) electrons. The molecule has 0 saturated carbocycles. The highest BCUT2D eigenvalue weighted by atomic mass is 16.5. The van der Waals surface area contributed by atoms with Crippen molar-refractivity contribution in [3.8, 4) is 0 Å². The lowest BCUT2D eigenvalue weighted by Crippen LogP contribution is -2.55. The Morgan fingerprint density at radius 2 is 1.74 bits per heavy atom. The Hall–Kier alpha value is -2.83. The van der Waals surface area contributed by atoms with Gasteiger partial charge in [0.05, 0.1) is 18.7 Å². The molecule has 0 unspecified atom stereocenters. The number of nitrogens with zero attached hydrogens (tertiary/aromatic N) is 1. The van der Waals surface area contributed by atoms with Crippen LogP contribution in [0.1, 0.15) is 41.2 Å². The van der Waals surface area contributed by atoms with Gasteiger partial charge in [0.25, 0.3) is 0 Å². The summed E-state index contributed by atoms with van der Waals surface area (Å²) in [5.41, 5.74) is 4.76. The van der Waals surface area contributed by atoms with Crippen LogP contribution in [-0.2, 0) is 27.2 Å². The van der Waals surface area contributed by atoms with E-state index in [1.807, 2.05) is 55.6 Å². The van der Waals surface area contributed by atoms with Crippen LogP contribution in [0.4, 0.5) is 0 Å². The lowest BCUT2D eigenvalue weighted by Gasteiger charge is -2.40. The molecule has 1 saturated heterocycles. The second-order valence-corrected chi connectivity index (χ2v) is 10.1. The van der Waals surface area contributed by atoms with E-state index in [9.17, 15) is 30.3 Å². The van der Waals surface area contributed by atoms with Crippen molar-refractivity contribution in [3.63, 3.8) is 0 Å². The normalized spacial score (nSPS) is 24.1. The first-order valence-corrected chi connectivity index (χ1v) is 13.1. The molecule has 1 aliphatic heterocycles. The van der Waals surface area contributed by atoms with E-state index in [1.165, 1.54) is 0 Å². The minimum atomic E-state index is -1.45. The third-order valence-corrected chi connectivity index (χ3v) is 7.20. The number of ether oxygens (including phenoxy) is 2. The largest absolute Gasteiger partial charge is 0.463 e. The van der Waals surface area contributed by atoms with Gasteiger partial charge in [0, 0.05) is 30.1 Å². The molecule has 10 nitrogen and oxygen atoms in total. The number of para-hydroxylation sites is 1. The smallest absolute Gasteiger partial charge is 0.305 e. The van der Waals surface area contributed by atoms with Crippen LogP contribution in [0.5, 0.6) is 0 Å². The van der Waals surface area contributed by atoms with Crippen LogP contribution in [0, 0.1) is 6.92 Å². The van der Waals surface area contributed by atoms with Gasteiger partial charge in [-0.15, -0.1) is 0 Å². The Bertz CT molecular complexity index is 1240. The number of rotatable bonds is 11. The van der Waals surface area contributed by atoms with E-state index >= 15 is 0 Å². The highest BCUT2D eigenvalue weighted by Gasteiger charge is 2.44. The second-order valence-electron chi connectivity index (χ2n) is 10.1. The fraction of sp³-hybridized carbons (Fsp3) is 0.483. The first-order valence-electron chi connectivity index (χ1n) is 13.1. The maximum atomic E-state index is 11.8. The summed E-state index contributed by atoms with van der Waals surface area (Å²) in [6.45, 7) is 1.38. The molecule has 1 aliphatic rings. The number of hydrogen-bond donors (Lipinski definition) is 6. The Balaban J connectivity index is 1.47. The number of carbonyl (C=O) groups excluding carboxylic acids is 1. The van der Waals surface area contributed by atoms with E-state index in [1.54, 1.807) is 0 Å². The molecule has 6 N–H and O–H groups in total. The zero-order chi connectivity index (χ0) is 28.1. The summed E-state index contributed by atoms with van der Waals surface area (Å²) in [6.07, 6.45) is -3.82. The van der Waals surface area contributed by atoms with E-state index in [0.717, 1.165) is 27.6 Å². The molecule has 10 heteroatoms. The second kappa shape index (κ2) is 13.0. The van der Waals surface area contributed by atoms with Crippen molar-refractivity contribution >= 4 is 16.9 Å². The molecule has 1 aromatic heterocycles. The number of aliphatic hydroxyl groups is 6.